The summed E-state index contributed by atoms with van der Waals surface area (Å²) in [5.74, 6) is -0.209. The molecule has 0 aliphatic heterocycles. The first-order valence-electron chi connectivity index (χ1n) is 23.1. The molecule has 0 bridgehead atoms. The number of aliphatic hydroxyl groups excluding tert-OH is 1. The van der Waals surface area contributed by atoms with E-state index in [1.54, 1.807) is 0 Å². The summed E-state index contributed by atoms with van der Waals surface area (Å²) in [6.07, 6.45) is 57.8. The van der Waals surface area contributed by atoms with E-state index in [0.717, 1.165) is 44.9 Å². The largest absolute Gasteiger partial charge is 0.457 e. The number of esters is 1. The molecule has 306 valence electrons. The molecule has 0 amide bonds. The van der Waals surface area contributed by atoms with Gasteiger partial charge < -0.3 is 14.6 Å². The van der Waals surface area contributed by atoms with Crippen LogP contribution >= 0.6 is 0 Å². The van der Waals surface area contributed by atoms with Crippen LogP contribution in [-0.4, -0.2) is 37.0 Å². The van der Waals surface area contributed by atoms with Crippen LogP contribution < -0.4 is 0 Å². The number of hydrogen-bond donors (Lipinski definition) is 1. The molecule has 0 aromatic heterocycles. The summed E-state index contributed by atoms with van der Waals surface area (Å²) >= 11 is 0. The summed E-state index contributed by atoms with van der Waals surface area (Å²) < 4.78 is 11.2. The SMILES string of the molecule is CCCCC/C=C\C/C=C\C/C=C\CCCCCCCCC(=O)OC(CO)COCCCCCCCCCCCCCCCCCCCCCCC. The van der Waals surface area contributed by atoms with Crippen molar-refractivity contribution in [2.24, 2.45) is 0 Å². The molecule has 4 nitrogen and oxygen atoms in total. The van der Waals surface area contributed by atoms with Gasteiger partial charge in [0.1, 0.15) is 6.10 Å². The Morgan fingerprint density at radius 1 is 0.462 bits per heavy atom. The monoisotopic (exact) mass is 731 g/mol. The highest BCUT2D eigenvalue weighted by atomic mass is 16.6. The van der Waals surface area contributed by atoms with Gasteiger partial charge in [-0.1, -0.05) is 217 Å². The summed E-state index contributed by atoms with van der Waals surface area (Å²) in [7, 11) is 0. The highest BCUT2D eigenvalue weighted by molar-refractivity contribution is 5.69. The molecule has 4 heteroatoms. The molecule has 1 N–H and O–H groups in total. The maximum absolute atomic E-state index is 12.2. The van der Waals surface area contributed by atoms with E-state index in [1.807, 2.05) is 0 Å². The van der Waals surface area contributed by atoms with E-state index in [-0.39, 0.29) is 12.6 Å². The lowest BCUT2D eigenvalue weighted by Crippen LogP contribution is -2.27. The van der Waals surface area contributed by atoms with Gasteiger partial charge in [-0.15, -0.1) is 0 Å². The number of aliphatic hydroxyl groups is 1. The van der Waals surface area contributed by atoms with E-state index in [2.05, 4.69) is 50.3 Å². The molecular formula is C48H90O4. The maximum atomic E-state index is 12.2. The highest BCUT2D eigenvalue weighted by Gasteiger charge is 2.13. The number of rotatable bonds is 43. The number of allylic oxidation sites excluding steroid dienone is 6. The average Bonchev–Trinajstić information content (AvgIpc) is 3.15. The van der Waals surface area contributed by atoms with Crippen LogP contribution in [0.1, 0.15) is 239 Å². The van der Waals surface area contributed by atoms with Gasteiger partial charge in [0.2, 0.25) is 0 Å². The van der Waals surface area contributed by atoms with E-state index < -0.39 is 6.10 Å². The third-order valence-corrected chi connectivity index (χ3v) is 10.2. The zero-order valence-corrected chi connectivity index (χ0v) is 35.1. The van der Waals surface area contributed by atoms with Gasteiger partial charge in [0.15, 0.2) is 0 Å². The Balaban J connectivity index is 3.41. The third-order valence-electron chi connectivity index (χ3n) is 10.2. The van der Waals surface area contributed by atoms with Crippen LogP contribution in [0.2, 0.25) is 0 Å². The van der Waals surface area contributed by atoms with Crippen molar-refractivity contribution in [3.8, 4) is 0 Å². The van der Waals surface area contributed by atoms with Crippen molar-refractivity contribution in [3.05, 3.63) is 36.5 Å². The van der Waals surface area contributed by atoms with Crippen molar-refractivity contribution in [1.82, 2.24) is 0 Å². The van der Waals surface area contributed by atoms with Crippen molar-refractivity contribution in [3.63, 3.8) is 0 Å². The maximum Gasteiger partial charge on any atom is 0.306 e. The summed E-state index contributed by atoms with van der Waals surface area (Å²) in [6.45, 7) is 5.34. The number of carbonyl (C=O) groups excluding carboxylic acids is 1. The molecule has 1 atom stereocenters. The average molecular weight is 731 g/mol. The molecule has 0 fully saturated rings. The van der Waals surface area contributed by atoms with Gasteiger partial charge >= 0.3 is 5.97 Å². The van der Waals surface area contributed by atoms with Gasteiger partial charge in [0.05, 0.1) is 13.2 Å². The number of unbranched alkanes of at least 4 members (excludes halogenated alkanes) is 29. The first-order chi connectivity index (χ1) is 25.7. The Morgan fingerprint density at radius 2 is 0.808 bits per heavy atom. The van der Waals surface area contributed by atoms with Crippen molar-refractivity contribution in [1.29, 1.82) is 0 Å². The van der Waals surface area contributed by atoms with E-state index >= 15 is 0 Å². The van der Waals surface area contributed by atoms with Gasteiger partial charge in [-0.05, 0) is 51.4 Å². The van der Waals surface area contributed by atoms with Crippen molar-refractivity contribution in [2.75, 3.05) is 19.8 Å². The lowest BCUT2D eigenvalue weighted by Gasteiger charge is -2.16. The lowest BCUT2D eigenvalue weighted by molar-refractivity contribution is -0.154. The molecule has 0 aromatic rings. The number of carbonyl (C=O) groups is 1. The van der Waals surface area contributed by atoms with Crippen LogP contribution in [0, 0.1) is 0 Å². The predicted octanol–water partition coefficient (Wildman–Crippen LogP) is 15.3. The smallest absolute Gasteiger partial charge is 0.306 e. The van der Waals surface area contributed by atoms with Crippen LogP contribution in [0.5, 0.6) is 0 Å². The molecular weight excluding hydrogens is 641 g/mol. The van der Waals surface area contributed by atoms with Crippen LogP contribution in [0.4, 0.5) is 0 Å². The fourth-order valence-electron chi connectivity index (χ4n) is 6.75. The zero-order valence-electron chi connectivity index (χ0n) is 35.1. The Kier molecular flexibility index (Phi) is 44.5. The second-order valence-corrected chi connectivity index (χ2v) is 15.5. The van der Waals surface area contributed by atoms with Crippen LogP contribution in [0.3, 0.4) is 0 Å². The van der Waals surface area contributed by atoms with Gasteiger partial charge in [0.25, 0.3) is 0 Å². The minimum absolute atomic E-state index is 0.174. The van der Waals surface area contributed by atoms with E-state index in [1.165, 1.54) is 173 Å². The second kappa shape index (κ2) is 45.8. The first kappa shape index (κ1) is 50.6. The third kappa shape index (κ3) is 43.0. The summed E-state index contributed by atoms with van der Waals surface area (Å²) in [4.78, 5) is 12.2. The minimum Gasteiger partial charge on any atom is -0.457 e. The molecule has 0 aromatic carbocycles. The fraction of sp³-hybridized carbons (Fsp3) is 0.854. The van der Waals surface area contributed by atoms with Gasteiger partial charge in [-0.2, -0.15) is 0 Å². The number of hydrogen-bond acceptors (Lipinski definition) is 4. The van der Waals surface area contributed by atoms with Crippen LogP contribution in [-0.2, 0) is 14.3 Å². The quantitative estimate of drug-likeness (QED) is 0.0385. The Bertz CT molecular complexity index is 772. The Hall–Kier alpha value is -1.39. The van der Waals surface area contributed by atoms with Gasteiger partial charge in [-0.25, -0.2) is 0 Å². The van der Waals surface area contributed by atoms with Crippen LogP contribution in [0.15, 0.2) is 36.5 Å². The Labute approximate surface area is 325 Å². The lowest BCUT2D eigenvalue weighted by atomic mass is 10.0. The standard InChI is InChI=1S/C48H90O4/c1-3-5-7-9-11-13-15-17-19-21-23-24-26-28-30-32-34-36-38-40-42-44-51-46-47(45-49)52-48(50)43-41-39-37-35-33-31-29-27-25-22-20-18-16-14-12-10-8-6-4-2/h12,14,18,20,25,27,47,49H,3-11,13,15-17,19,21-24,26,28-46H2,1-2H3/b14-12-,20-18-,27-25-. The normalized spacial score (nSPS) is 12.6. The summed E-state index contributed by atoms with van der Waals surface area (Å²) in [6, 6.07) is 0. The topological polar surface area (TPSA) is 55.8 Å². The zero-order chi connectivity index (χ0) is 37.7. The first-order valence-corrected chi connectivity index (χ1v) is 23.1. The summed E-state index contributed by atoms with van der Waals surface area (Å²) in [5, 5.41) is 9.62. The molecule has 1 unspecified atom stereocenters. The van der Waals surface area contributed by atoms with Crippen LogP contribution in [0.25, 0.3) is 0 Å². The molecule has 0 saturated heterocycles. The molecule has 52 heavy (non-hydrogen) atoms. The van der Waals surface area contributed by atoms with Gasteiger partial charge in [-0.3, -0.25) is 4.79 Å². The van der Waals surface area contributed by atoms with E-state index in [4.69, 9.17) is 9.47 Å². The fourth-order valence-corrected chi connectivity index (χ4v) is 6.75. The molecule has 0 aliphatic carbocycles. The van der Waals surface area contributed by atoms with E-state index in [0.29, 0.717) is 19.6 Å². The van der Waals surface area contributed by atoms with Crippen molar-refractivity contribution in [2.45, 2.75) is 245 Å². The molecule has 0 radical (unpaired) electrons. The number of ether oxygens (including phenoxy) is 2. The Morgan fingerprint density at radius 3 is 1.25 bits per heavy atom. The molecule has 0 spiro atoms. The van der Waals surface area contributed by atoms with E-state index in [9.17, 15) is 9.90 Å². The van der Waals surface area contributed by atoms with Crippen molar-refractivity contribution >= 4 is 5.97 Å². The second-order valence-electron chi connectivity index (χ2n) is 15.5. The summed E-state index contributed by atoms with van der Waals surface area (Å²) in [5.41, 5.74) is 0. The van der Waals surface area contributed by atoms with Crippen molar-refractivity contribution < 1.29 is 19.4 Å². The predicted molar refractivity (Wildman–Crippen MR) is 228 cm³/mol. The minimum atomic E-state index is -0.539. The van der Waals surface area contributed by atoms with Gasteiger partial charge in [0, 0.05) is 13.0 Å². The molecule has 0 heterocycles. The molecule has 0 rings (SSSR count). The highest BCUT2D eigenvalue weighted by Crippen LogP contribution is 2.15. The molecule has 0 saturated carbocycles. The molecule has 0 aliphatic rings.